The summed E-state index contributed by atoms with van der Waals surface area (Å²) in [6.45, 7) is 4.31. The van der Waals surface area contributed by atoms with Crippen LogP contribution in [0.1, 0.15) is 44.6 Å². The average Bonchev–Trinajstić information content (AvgIpc) is 2.94. The van der Waals surface area contributed by atoms with E-state index in [0.717, 1.165) is 11.3 Å². The number of carbonyl (C=O) groups excluding carboxylic acids is 1. The van der Waals surface area contributed by atoms with Gasteiger partial charge >= 0.3 is 5.97 Å². The number of carboxylic acid groups (broad SMARTS) is 1. The number of aliphatic carboxylic acids is 1. The molecule has 1 amide bonds. The maximum absolute atomic E-state index is 11.9. The van der Waals surface area contributed by atoms with Gasteiger partial charge in [-0.2, -0.15) is 0 Å². The number of thioether (sulfide) groups is 1. The van der Waals surface area contributed by atoms with Crippen LogP contribution in [0, 0.1) is 5.92 Å². The molecule has 0 spiro atoms. The molecule has 2 atom stereocenters. The fourth-order valence-corrected chi connectivity index (χ4v) is 3.41. The number of amides is 1. The molecule has 2 rings (SSSR count). The molecular weight excluding hydrogens is 298 g/mol. The van der Waals surface area contributed by atoms with Crippen molar-refractivity contribution in [2.45, 2.75) is 50.0 Å². The summed E-state index contributed by atoms with van der Waals surface area (Å²) in [4.78, 5) is 23.9. The first-order valence-corrected chi connectivity index (χ1v) is 8.69. The number of nitrogens with one attached hydrogen (secondary N) is 1. The molecule has 0 unspecified atom stereocenters. The molecule has 1 aromatic carbocycles. The van der Waals surface area contributed by atoms with Crippen LogP contribution >= 0.6 is 11.8 Å². The van der Waals surface area contributed by atoms with E-state index in [4.69, 9.17) is 5.11 Å². The van der Waals surface area contributed by atoms with Crippen LogP contribution in [-0.4, -0.2) is 28.8 Å². The zero-order valence-corrected chi connectivity index (χ0v) is 13.9. The molecule has 2 N–H and O–H groups in total. The van der Waals surface area contributed by atoms with E-state index in [1.54, 1.807) is 0 Å². The first-order chi connectivity index (χ1) is 10.5. The van der Waals surface area contributed by atoms with Crippen LogP contribution in [0.5, 0.6) is 0 Å². The van der Waals surface area contributed by atoms with Crippen LogP contribution in [0.4, 0.5) is 0 Å². The van der Waals surface area contributed by atoms with Gasteiger partial charge in [0.1, 0.15) is 0 Å². The van der Waals surface area contributed by atoms with Crippen LogP contribution in [-0.2, 0) is 9.59 Å². The van der Waals surface area contributed by atoms with Gasteiger partial charge in [0.2, 0.25) is 5.91 Å². The quantitative estimate of drug-likeness (QED) is 0.789. The molecule has 0 aliphatic heterocycles. The molecular formula is C17H23NO3S. The fraction of sp³-hybridized carbons (Fsp3) is 0.529. The van der Waals surface area contributed by atoms with E-state index in [9.17, 15) is 9.59 Å². The summed E-state index contributed by atoms with van der Waals surface area (Å²) in [7, 11) is 0. The SMILES string of the molecule is CC(C)c1ccc(SCC(=O)N[C@H]2CC[C@@H](C(=O)O)C2)cc1. The zero-order chi connectivity index (χ0) is 16.1. The predicted molar refractivity (Wildman–Crippen MR) is 88.2 cm³/mol. The molecule has 0 saturated heterocycles. The Morgan fingerprint density at radius 1 is 1.27 bits per heavy atom. The van der Waals surface area contributed by atoms with Gasteiger partial charge < -0.3 is 10.4 Å². The number of hydrogen-bond donors (Lipinski definition) is 2. The molecule has 4 nitrogen and oxygen atoms in total. The van der Waals surface area contributed by atoms with Gasteiger partial charge in [-0.15, -0.1) is 11.8 Å². The highest BCUT2D eigenvalue weighted by atomic mass is 32.2. The number of benzene rings is 1. The molecule has 0 bridgehead atoms. The van der Waals surface area contributed by atoms with Crippen LogP contribution in [0.25, 0.3) is 0 Å². The Morgan fingerprint density at radius 2 is 1.95 bits per heavy atom. The molecule has 120 valence electrons. The summed E-state index contributed by atoms with van der Waals surface area (Å²) in [5, 5.41) is 11.9. The summed E-state index contributed by atoms with van der Waals surface area (Å²) in [6, 6.07) is 8.29. The molecule has 0 heterocycles. The Labute approximate surface area is 135 Å². The second-order valence-corrected chi connectivity index (χ2v) is 7.17. The third kappa shape index (κ3) is 4.77. The third-order valence-corrected chi connectivity index (χ3v) is 5.08. The van der Waals surface area contributed by atoms with Crippen LogP contribution in [0.15, 0.2) is 29.2 Å². The highest BCUT2D eigenvalue weighted by Crippen LogP contribution is 2.26. The zero-order valence-electron chi connectivity index (χ0n) is 13.0. The average molecular weight is 321 g/mol. The first kappa shape index (κ1) is 16.9. The minimum Gasteiger partial charge on any atom is -0.481 e. The number of carboxylic acids is 1. The second kappa shape index (κ2) is 7.68. The van der Waals surface area contributed by atoms with E-state index in [2.05, 4.69) is 31.3 Å². The van der Waals surface area contributed by atoms with Crippen molar-refractivity contribution in [3.8, 4) is 0 Å². The molecule has 1 fully saturated rings. The first-order valence-electron chi connectivity index (χ1n) is 7.70. The van der Waals surface area contributed by atoms with Gasteiger partial charge in [-0.25, -0.2) is 0 Å². The second-order valence-electron chi connectivity index (χ2n) is 6.13. The number of hydrogen-bond acceptors (Lipinski definition) is 3. The summed E-state index contributed by atoms with van der Waals surface area (Å²) < 4.78 is 0. The summed E-state index contributed by atoms with van der Waals surface area (Å²) in [5.74, 6) is -0.200. The van der Waals surface area contributed by atoms with Crippen molar-refractivity contribution >= 4 is 23.6 Å². The van der Waals surface area contributed by atoms with Gasteiger partial charge in [0.25, 0.3) is 0 Å². The maximum atomic E-state index is 11.9. The van der Waals surface area contributed by atoms with Gasteiger partial charge in [0.05, 0.1) is 11.7 Å². The van der Waals surface area contributed by atoms with Crippen molar-refractivity contribution < 1.29 is 14.7 Å². The lowest BCUT2D eigenvalue weighted by atomic mass is 10.0. The Kier molecular flexibility index (Phi) is 5.89. The van der Waals surface area contributed by atoms with Crippen LogP contribution < -0.4 is 5.32 Å². The summed E-state index contributed by atoms with van der Waals surface area (Å²) in [6.07, 6.45) is 1.97. The molecule has 0 aromatic heterocycles. The normalized spacial score (nSPS) is 21.0. The van der Waals surface area contributed by atoms with E-state index in [1.165, 1.54) is 17.3 Å². The lowest BCUT2D eigenvalue weighted by Gasteiger charge is -2.12. The van der Waals surface area contributed by atoms with Crippen LogP contribution in [0.2, 0.25) is 0 Å². The Hall–Kier alpha value is -1.49. The Balaban J connectivity index is 1.75. The predicted octanol–water partition coefficient (Wildman–Crippen LogP) is 3.27. The van der Waals surface area contributed by atoms with E-state index < -0.39 is 5.97 Å². The number of carbonyl (C=O) groups is 2. The molecule has 22 heavy (non-hydrogen) atoms. The van der Waals surface area contributed by atoms with Crippen molar-refractivity contribution in [1.82, 2.24) is 5.32 Å². The van der Waals surface area contributed by atoms with E-state index >= 15 is 0 Å². The van der Waals surface area contributed by atoms with Gasteiger partial charge in [-0.3, -0.25) is 9.59 Å². The maximum Gasteiger partial charge on any atom is 0.306 e. The van der Waals surface area contributed by atoms with E-state index in [1.807, 2.05) is 12.1 Å². The molecule has 1 saturated carbocycles. The largest absolute Gasteiger partial charge is 0.481 e. The van der Waals surface area contributed by atoms with Crippen molar-refractivity contribution in [3.05, 3.63) is 29.8 Å². The molecule has 0 radical (unpaired) electrons. The lowest BCUT2D eigenvalue weighted by molar-refractivity contribution is -0.141. The van der Waals surface area contributed by atoms with Gasteiger partial charge in [-0.1, -0.05) is 26.0 Å². The molecule has 1 aliphatic rings. The Bertz CT molecular complexity index is 527. The Morgan fingerprint density at radius 3 is 2.50 bits per heavy atom. The molecule has 1 aromatic rings. The minimum absolute atomic E-state index is 0.0116. The highest BCUT2D eigenvalue weighted by Gasteiger charge is 2.30. The highest BCUT2D eigenvalue weighted by molar-refractivity contribution is 8.00. The lowest BCUT2D eigenvalue weighted by Crippen LogP contribution is -2.34. The van der Waals surface area contributed by atoms with Crippen molar-refractivity contribution in [3.63, 3.8) is 0 Å². The van der Waals surface area contributed by atoms with E-state index in [0.29, 0.717) is 24.5 Å². The van der Waals surface area contributed by atoms with Gasteiger partial charge in [-0.05, 0) is 42.9 Å². The van der Waals surface area contributed by atoms with Crippen molar-refractivity contribution in [2.24, 2.45) is 5.92 Å². The van der Waals surface area contributed by atoms with Crippen LogP contribution in [0.3, 0.4) is 0 Å². The summed E-state index contributed by atoms with van der Waals surface area (Å²) in [5.41, 5.74) is 1.29. The van der Waals surface area contributed by atoms with E-state index in [-0.39, 0.29) is 17.9 Å². The number of rotatable bonds is 6. The molecule has 5 heteroatoms. The third-order valence-electron chi connectivity index (χ3n) is 4.06. The van der Waals surface area contributed by atoms with Crippen molar-refractivity contribution in [1.29, 1.82) is 0 Å². The smallest absolute Gasteiger partial charge is 0.306 e. The standard InChI is InChI=1S/C17H23NO3S/c1-11(2)12-4-7-15(8-5-12)22-10-16(19)18-14-6-3-13(9-14)17(20)21/h4-5,7-8,11,13-14H,3,6,9-10H2,1-2H3,(H,18,19)(H,20,21)/t13-,14+/m1/s1. The molecule has 1 aliphatic carbocycles. The van der Waals surface area contributed by atoms with Crippen molar-refractivity contribution in [2.75, 3.05) is 5.75 Å². The minimum atomic E-state index is -0.753. The topological polar surface area (TPSA) is 66.4 Å². The van der Waals surface area contributed by atoms with Gasteiger partial charge in [0.15, 0.2) is 0 Å². The monoisotopic (exact) mass is 321 g/mol. The fourth-order valence-electron chi connectivity index (χ4n) is 2.70. The summed E-state index contributed by atoms with van der Waals surface area (Å²) >= 11 is 1.51. The van der Waals surface area contributed by atoms with Gasteiger partial charge in [0, 0.05) is 10.9 Å².